The van der Waals surface area contributed by atoms with Crippen molar-refractivity contribution in [2.24, 2.45) is 11.1 Å². The zero-order chi connectivity index (χ0) is 15.3. The van der Waals surface area contributed by atoms with Crippen LogP contribution in [-0.2, 0) is 0 Å². The van der Waals surface area contributed by atoms with Gasteiger partial charge in [0, 0.05) is 17.7 Å². The first-order valence-electron chi connectivity index (χ1n) is 7.31. The number of benzene rings is 1. The smallest absolute Gasteiger partial charge is 0.251 e. The molecule has 0 bridgehead atoms. The fourth-order valence-corrected chi connectivity index (χ4v) is 2.93. The number of carbonyl (C=O) groups is 1. The normalized spacial score (nSPS) is 16.1. The molecule has 0 spiro atoms. The maximum atomic E-state index is 12.2. The Morgan fingerprint density at radius 1 is 1.43 bits per heavy atom. The molecule has 0 saturated heterocycles. The molecule has 3 N–H and O–H groups in total. The van der Waals surface area contributed by atoms with E-state index in [4.69, 9.17) is 17.3 Å². The second-order valence-electron chi connectivity index (χ2n) is 5.90. The molecular weight excluding hydrogens is 284 g/mol. The van der Waals surface area contributed by atoms with E-state index in [0.717, 1.165) is 6.54 Å². The van der Waals surface area contributed by atoms with Gasteiger partial charge >= 0.3 is 0 Å². The summed E-state index contributed by atoms with van der Waals surface area (Å²) in [5.41, 5.74) is 6.84. The van der Waals surface area contributed by atoms with Gasteiger partial charge in [-0.15, -0.1) is 0 Å². The summed E-state index contributed by atoms with van der Waals surface area (Å²) in [6.07, 6.45) is 4.88. The average Bonchev–Trinajstić information content (AvgIpc) is 2.91. The molecule has 0 aliphatic heterocycles. The lowest BCUT2D eigenvalue weighted by Gasteiger charge is -2.23. The Hall–Kier alpha value is -1.50. The van der Waals surface area contributed by atoms with E-state index in [9.17, 15) is 4.79 Å². The van der Waals surface area contributed by atoms with E-state index in [0.29, 0.717) is 16.1 Å². The zero-order valence-corrected chi connectivity index (χ0v) is 13.1. The minimum absolute atomic E-state index is 0.0802. The molecular formula is C17H21ClN2O. The van der Waals surface area contributed by atoms with E-state index in [-0.39, 0.29) is 17.9 Å². The average molecular weight is 305 g/mol. The van der Waals surface area contributed by atoms with Crippen LogP contribution < -0.4 is 11.1 Å². The Kier molecular flexibility index (Phi) is 5.27. The highest BCUT2D eigenvalue weighted by Crippen LogP contribution is 2.36. The fourth-order valence-electron chi connectivity index (χ4n) is 2.71. The number of carbonyl (C=O) groups excluding carboxylic acids is 1. The van der Waals surface area contributed by atoms with Crippen molar-refractivity contribution in [2.75, 3.05) is 13.1 Å². The maximum absolute atomic E-state index is 12.2. The van der Waals surface area contributed by atoms with Gasteiger partial charge in [-0.3, -0.25) is 4.79 Å². The number of hydrogen-bond acceptors (Lipinski definition) is 2. The molecule has 0 atom stereocenters. The van der Waals surface area contributed by atoms with Gasteiger partial charge in [0.15, 0.2) is 0 Å². The van der Waals surface area contributed by atoms with Crippen molar-refractivity contribution in [3.05, 3.63) is 34.3 Å². The van der Waals surface area contributed by atoms with Crippen LogP contribution in [0.1, 0.15) is 48.5 Å². The lowest BCUT2D eigenvalue weighted by Crippen LogP contribution is -2.34. The standard InChI is InChI=1S/C17H21ClN2O/c1-17(8-2-3-9-17)12-20-16(21)14-7-6-13(5-4-10-19)15(18)11-14/h6-7,11H,2-3,8-10,12,19H2,1H3,(H,20,21). The van der Waals surface area contributed by atoms with Crippen LogP contribution >= 0.6 is 11.6 Å². The third kappa shape index (κ3) is 4.23. The van der Waals surface area contributed by atoms with Crippen molar-refractivity contribution in [3.8, 4) is 11.8 Å². The minimum atomic E-state index is -0.0802. The highest BCUT2D eigenvalue weighted by Gasteiger charge is 2.28. The summed E-state index contributed by atoms with van der Waals surface area (Å²) < 4.78 is 0. The van der Waals surface area contributed by atoms with Crippen LogP contribution in [0.5, 0.6) is 0 Å². The number of amides is 1. The summed E-state index contributed by atoms with van der Waals surface area (Å²) in [5, 5.41) is 3.50. The second-order valence-corrected chi connectivity index (χ2v) is 6.31. The lowest BCUT2D eigenvalue weighted by molar-refractivity contribution is 0.0934. The van der Waals surface area contributed by atoms with E-state index < -0.39 is 0 Å². The van der Waals surface area contributed by atoms with Gasteiger partial charge < -0.3 is 11.1 Å². The van der Waals surface area contributed by atoms with Crippen LogP contribution in [0.25, 0.3) is 0 Å². The fraction of sp³-hybridized carbons (Fsp3) is 0.471. The molecule has 1 saturated carbocycles. The molecule has 3 nitrogen and oxygen atoms in total. The molecule has 1 aromatic rings. The summed E-state index contributed by atoms with van der Waals surface area (Å²) in [5.74, 6) is 5.56. The topological polar surface area (TPSA) is 55.1 Å². The van der Waals surface area contributed by atoms with E-state index in [2.05, 4.69) is 24.1 Å². The van der Waals surface area contributed by atoms with Crippen LogP contribution in [0.4, 0.5) is 0 Å². The third-order valence-electron chi connectivity index (χ3n) is 4.04. The highest BCUT2D eigenvalue weighted by atomic mass is 35.5. The van der Waals surface area contributed by atoms with Gasteiger partial charge in [0.2, 0.25) is 0 Å². The summed E-state index contributed by atoms with van der Waals surface area (Å²) in [4.78, 5) is 12.2. The number of nitrogens with one attached hydrogen (secondary N) is 1. The van der Waals surface area contributed by atoms with Crippen molar-refractivity contribution < 1.29 is 4.79 Å². The van der Waals surface area contributed by atoms with Gasteiger partial charge in [0.1, 0.15) is 0 Å². The molecule has 4 heteroatoms. The van der Waals surface area contributed by atoms with E-state index in [1.165, 1.54) is 25.7 Å². The van der Waals surface area contributed by atoms with E-state index >= 15 is 0 Å². The Bertz CT molecular complexity index is 580. The van der Waals surface area contributed by atoms with Gasteiger partial charge in [-0.05, 0) is 36.5 Å². The lowest BCUT2D eigenvalue weighted by atomic mass is 9.89. The van der Waals surface area contributed by atoms with Crippen LogP contribution in [-0.4, -0.2) is 19.0 Å². The van der Waals surface area contributed by atoms with Gasteiger partial charge in [0.25, 0.3) is 5.91 Å². The molecule has 1 aliphatic carbocycles. The van der Waals surface area contributed by atoms with Gasteiger partial charge in [-0.1, -0.05) is 43.2 Å². The molecule has 1 amide bonds. The molecule has 0 aromatic heterocycles. The number of hydrogen-bond donors (Lipinski definition) is 2. The van der Waals surface area contributed by atoms with Crippen molar-refractivity contribution in [1.82, 2.24) is 5.32 Å². The van der Waals surface area contributed by atoms with Crippen molar-refractivity contribution in [3.63, 3.8) is 0 Å². The van der Waals surface area contributed by atoms with Crippen LogP contribution in [0.15, 0.2) is 18.2 Å². The van der Waals surface area contributed by atoms with E-state index in [1.54, 1.807) is 18.2 Å². The summed E-state index contributed by atoms with van der Waals surface area (Å²) in [7, 11) is 0. The van der Waals surface area contributed by atoms with Crippen LogP contribution in [0.3, 0.4) is 0 Å². The van der Waals surface area contributed by atoms with Crippen LogP contribution in [0.2, 0.25) is 5.02 Å². The Morgan fingerprint density at radius 2 is 2.14 bits per heavy atom. The first-order chi connectivity index (χ1) is 10.0. The SMILES string of the molecule is CC1(CNC(=O)c2ccc(C#CCN)c(Cl)c2)CCCC1. The first-order valence-corrected chi connectivity index (χ1v) is 7.69. The summed E-state index contributed by atoms with van der Waals surface area (Å²) >= 11 is 6.14. The predicted molar refractivity (Wildman–Crippen MR) is 86.3 cm³/mol. The Balaban J connectivity index is 2.01. The molecule has 2 rings (SSSR count). The minimum Gasteiger partial charge on any atom is -0.351 e. The first kappa shape index (κ1) is 15.9. The van der Waals surface area contributed by atoms with E-state index in [1.807, 2.05) is 0 Å². The van der Waals surface area contributed by atoms with Gasteiger partial charge in [-0.2, -0.15) is 0 Å². The molecule has 112 valence electrons. The monoisotopic (exact) mass is 304 g/mol. The Labute approximate surface area is 131 Å². The maximum Gasteiger partial charge on any atom is 0.251 e. The Morgan fingerprint density at radius 3 is 2.76 bits per heavy atom. The molecule has 0 heterocycles. The molecule has 1 aliphatic rings. The number of halogens is 1. The van der Waals surface area contributed by atoms with Gasteiger partial charge in [0.05, 0.1) is 11.6 Å². The van der Waals surface area contributed by atoms with Crippen molar-refractivity contribution in [1.29, 1.82) is 0 Å². The van der Waals surface area contributed by atoms with Crippen molar-refractivity contribution >= 4 is 17.5 Å². The largest absolute Gasteiger partial charge is 0.351 e. The summed E-state index contributed by atoms with van der Waals surface area (Å²) in [6.45, 7) is 3.24. The highest BCUT2D eigenvalue weighted by molar-refractivity contribution is 6.32. The quantitative estimate of drug-likeness (QED) is 0.844. The molecule has 1 fully saturated rings. The van der Waals surface area contributed by atoms with Gasteiger partial charge in [-0.25, -0.2) is 0 Å². The third-order valence-corrected chi connectivity index (χ3v) is 4.36. The van der Waals surface area contributed by atoms with Crippen LogP contribution in [0, 0.1) is 17.3 Å². The molecule has 21 heavy (non-hydrogen) atoms. The molecule has 1 aromatic carbocycles. The number of nitrogens with two attached hydrogens (primary N) is 1. The molecule has 0 radical (unpaired) electrons. The van der Waals surface area contributed by atoms with Crippen molar-refractivity contribution in [2.45, 2.75) is 32.6 Å². The number of rotatable bonds is 3. The second kappa shape index (κ2) is 6.98. The summed E-state index contributed by atoms with van der Waals surface area (Å²) in [6, 6.07) is 5.17. The predicted octanol–water partition coefficient (Wildman–Crippen LogP) is 2.96. The zero-order valence-electron chi connectivity index (χ0n) is 12.3. The molecule has 0 unspecified atom stereocenters.